The van der Waals surface area contributed by atoms with E-state index >= 15 is 0 Å². The van der Waals surface area contributed by atoms with Crippen molar-refractivity contribution in [3.63, 3.8) is 0 Å². The molecule has 1 N–H and O–H groups in total. The van der Waals surface area contributed by atoms with Crippen molar-refractivity contribution in [2.75, 3.05) is 0 Å². The highest BCUT2D eigenvalue weighted by atomic mass is 16.7. The Balaban J connectivity index is 2.12. The molecular formula is C17H22BNO3. The molecular weight excluding hydrogens is 277 g/mol. The lowest BCUT2D eigenvalue weighted by Gasteiger charge is -2.32. The van der Waals surface area contributed by atoms with Crippen LogP contribution in [0.5, 0.6) is 0 Å². The lowest BCUT2D eigenvalue weighted by molar-refractivity contribution is 0.00578. The van der Waals surface area contributed by atoms with Crippen LogP contribution in [0, 0.1) is 0 Å². The Labute approximate surface area is 131 Å². The molecule has 5 heteroatoms. The molecule has 1 aromatic carbocycles. The fourth-order valence-electron chi connectivity index (χ4n) is 2.73. The minimum Gasteiger partial charge on any atom is -0.399 e. The van der Waals surface area contributed by atoms with Gasteiger partial charge in [0.1, 0.15) is 0 Å². The molecule has 1 aliphatic heterocycles. The highest BCUT2D eigenvalue weighted by molar-refractivity contribution is 6.65. The van der Waals surface area contributed by atoms with Crippen molar-refractivity contribution in [3.05, 3.63) is 36.0 Å². The molecule has 1 unspecified atom stereocenters. The maximum Gasteiger partial charge on any atom is 0.495 e. The quantitative estimate of drug-likeness (QED) is 0.866. The molecule has 0 spiro atoms. The molecule has 0 saturated carbocycles. The fraction of sp³-hybridized carbons (Fsp3) is 0.471. The third-order valence-corrected chi connectivity index (χ3v) is 4.79. The number of hydrogen-bond acceptors (Lipinski definition) is 4. The van der Waals surface area contributed by atoms with Crippen molar-refractivity contribution in [1.82, 2.24) is 4.98 Å². The zero-order chi connectivity index (χ0) is 16.1. The van der Waals surface area contributed by atoms with Gasteiger partial charge in [-0.15, -0.1) is 0 Å². The van der Waals surface area contributed by atoms with Crippen molar-refractivity contribution >= 4 is 23.5 Å². The van der Waals surface area contributed by atoms with Gasteiger partial charge in [-0.25, -0.2) is 0 Å². The van der Waals surface area contributed by atoms with E-state index in [0.717, 1.165) is 21.9 Å². The van der Waals surface area contributed by atoms with Crippen LogP contribution in [0.15, 0.2) is 30.5 Å². The minimum atomic E-state index is -0.565. The number of hydrogen-bond donors (Lipinski definition) is 1. The lowest BCUT2D eigenvalue weighted by atomic mass is 9.76. The molecule has 2 heterocycles. The number of aromatic nitrogens is 1. The molecule has 1 saturated heterocycles. The monoisotopic (exact) mass is 299 g/mol. The van der Waals surface area contributed by atoms with Crippen molar-refractivity contribution in [2.45, 2.75) is 51.9 Å². The summed E-state index contributed by atoms with van der Waals surface area (Å²) in [5, 5.41) is 10.9. The second-order valence-electron chi connectivity index (χ2n) is 6.91. The van der Waals surface area contributed by atoms with Crippen molar-refractivity contribution in [1.29, 1.82) is 0 Å². The first kappa shape index (κ1) is 15.5. The average molecular weight is 299 g/mol. The van der Waals surface area contributed by atoms with Crippen LogP contribution in [-0.4, -0.2) is 28.4 Å². The molecule has 0 bridgehead atoms. The Bertz CT molecular complexity index is 696. The summed E-state index contributed by atoms with van der Waals surface area (Å²) in [6.45, 7) is 9.91. The van der Waals surface area contributed by atoms with E-state index in [0.29, 0.717) is 0 Å². The Morgan fingerprint density at radius 2 is 1.73 bits per heavy atom. The summed E-state index contributed by atoms with van der Waals surface area (Å²) in [6, 6.07) is 7.76. The van der Waals surface area contributed by atoms with Crippen molar-refractivity contribution in [2.24, 2.45) is 0 Å². The van der Waals surface area contributed by atoms with E-state index in [-0.39, 0.29) is 11.2 Å². The van der Waals surface area contributed by atoms with E-state index in [2.05, 4.69) is 4.98 Å². The van der Waals surface area contributed by atoms with Gasteiger partial charge in [-0.3, -0.25) is 4.98 Å². The largest absolute Gasteiger partial charge is 0.495 e. The van der Waals surface area contributed by atoms with Gasteiger partial charge in [0, 0.05) is 17.1 Å². The predicted octanol–water partition coefficient (Wildman–Crippen LogP) is 2.59. The number of fused-ring (bicyclic) bond motifs is 1. The Morgan fingerprint density at radius 1 is 1.09 bits per heavy atom. The Kier molecular flexibility index (Phi) is 3.55. The van der Waals surface area contributed by atoms with Gasteiger partial charge < -0.3 is 14.4 Å². The van der Waals surface area contributed by atoms with Gasteiger partial charge in [0.05, 0.1) is 22.8 Å². The molecule has 1 aliphatic rings. The lowest BCUT2D eigenvalue weighted by Crippen LogP contribution is -2.41. The number of nitrogens with zero attached hydrogens (tertiary/aromatic N) is 1. The van der Waals surface area contributed by atoms with E-state index in [1.165, 1.54) is 0 Å². The van der Waals surface area contributed by atoms with Crippen LogP contribution in [0.3, 0.4) is 0 Å². The molecule has 1 atom stereocenters. The zero-order valence-electron chi connectivity index (χ0n) is 13.8. The van der Waals surface area contributed by atoms with Gasteiger partial charge in [-0.1, -0.05) is 18.2 Å². The SMILES string of the molecule is CC(O)c1ccc(B2OC(C)(C)C(C)(C)O2)c2cccnc12. The number of pyridine rings is 1. The fourth-order valence-corrected chi connectivity index (χ4v) is 2.73. The van der Waals surface area contributed by atoms with Gasteiger partial charge in [0.15, 0.2) is 0 Å². The van der Waals surface area contributed by atoms with Gasteiger partial charge in [0.25, 0.3) is 0 Å². The van der Waals surface area contributed by atoms with E-state index in [1.807, 2.05) is 52.0 Å². The topological polar surface area (TPSA) is 51.6 Å². The molecule has 2 aromatic rings. The summed E-state index contributed by atoms with van der Waals surface area (Å²) < 4.78 is 12.3. The van der Waals surface area contributed by atoms with Crippen LogP contribution in [0.1, 0.15) is 46.3 Å². The van der Waals surface area contributed by atoms with Crippen LogP contribution >= 0.6 is 0 Å². The number of aliphatic hydroxyl groups excluding tert-OH is 1. The summed E-state index contributed by atoms with van der Waals surface area (Å²) in [4.78, 5) is 4.44. The third-order valence-electron chi connectivity index (χ3n) is 4.79. The Morgan fingerprint density at radius 3 is 2.32 bits per heavy atom. The minimum absolute atomic E-state index is 0.380. The first-order valence-electron chi connectivity index (χ1n) is 7.64. The third kappa shape index (κ3) is 2.33. The maximum absolute atomic E-state index is 9.94. The summed E-state index contributed by atoms with van der Waals surface area (Å²) in [5.41, 5.74) is 1.80. The number of aliphatic hydroxyl groups is 1. The molecule has 0 amide bonds. The van der Waals surface area contributed by atoms with Crippen molar-refractivity contribution < 1.29 is 14.4 Å². The predicted molar refractivity (Wildman–Crippen MR) is 88.1 cm³/mol. The van der Waals surface area contributed by atoms with E-state index in [4.69, 9.17) is 9.31 Å². The second kappa shape index (κ2) is 5.05. The standard InChI is InChI=1S/C17H22BNO3/c1-11(20)12-8-9-14(13-7-6-10-19-15(12)13)18-21-16(2,3)17(4,5)22-18/h6-11,20H,1-5H3. The summed E-state index contributed by atoms with van der Waals surface area (Å²) in [6.07, 6.45) is 1.17. The van der Waals surface area contributed by atoms with Crippen LogP contribution < -0.4 is 5.46 Å². The normalized spacial score (nSPS) is 21.3. The summed E-state index contributed by atoms with van der Waals surface area (Å²) in [5.74, 6) is 0. The van der Waals surface area contributed by atoms with Gasteiger partial charge in [-0.05, 0) is 46.1 Å². The average Bonchev–Trinajstić information content (AvgIpc) is 2.65. The molecule has 116 valence electrons. The first-order valence-corrected chi connectivity index (χ1v) is 7.64. The van der Waals surface area contributed by atoms with Gasteiger partial charge in [0.2, 0.25) is 0 Å². The second-order valence-corrected chi connectivity index (χ2v) is 6.91. The van der Waals surface area contributed by atoms with E-state index in [1.54, 1.807) is 13.1 Å². The molecule has 1 fully saturated rings. The molecule has 0 radical (unpaired) electrons. The van der Waals surface area contributed by atoms with Gasteiger partial charge in [-0.2, -0.15) is 0 Å². The van der Waals surface area contributed by atoms with Crippen molar-refractivity contribution in [3.8, 4) is 0 Å². The summed E-state index contributed by atoms with van der Waals surface area (Å²) >= 11 is 0. The molecule has 3 rings (SSSR count). The zero-order valence-corrected chi connectivity index (χ0v) is 13.8. The molecule has 0 aliphatic carbocycles. The Hall–Kier alpha value is -1.43. The first-order chi connectivity index (χ1) is 10.2. The highest BCUT2D eigenvalue weighted by Crippen LogP contribution is 2.37. The smallest absolute Gasteiger partial charge is 0.399 e. The molecule has 22 heavy (non-hydrogen) atoms. The van der Waals surface area contributed by atoms with E-state index < -0.39 is 13.2 Å². The maximum atomic E-state index is 9.94. The van der Waals surface area contributed by atoms with Crippen LogP contribution in [-0.2, 0) is 9.31 Å². The highest BCUT2D eigenvalue weighted by Gasteiger charge is 2.52. The van der Waals surface area contributed by atoms with Crippen LogP contribution in [0.2, 0.25) is 0 Å². The summed E-state index contributed by atoms with van der Waals surface area (Å²) in [7, 11) is -0.431. The van der Waals surface area contributed by atoms with E-state index in [9.17, 15) is 5.11 Å². The number of benzene rings is 1. The molecule has 1 aromatic heterocycles. The van der Waals surface area contributed by atoms with Crippen LogP contribution in [0.4, 0.5) is 0 Å². The molecule has 4 nitrogen and oxygen atoms in total. The van der Waals surface area contributed by atoms with Crippen LogP contribution in [0.25, 0.3) is 10.9 Å². The van der Waals surface area contributed by atoms with Gasteiger partial charge >= 0.3 is 7.12 Å². The number of rotatable bonds is 2.